The Labute approximate surface area is 52.5 Å². The highest BCUT2D eigenvalue weighted by Crippen LogP contribution is 2.07. The standard InChI is InChI=1S/C6H7NO2/c1-5(8)7-4-2-3-6(7)9/h2-4,9H,1H3. The minimum atomic E-state index is -0.183. The molecule has 0 aliphatic carbocycles. The molecule has 3 heteroatoms. The first-order chi connectivity index (χ1) is 4.22. The molecule has 0 fully saturated rings. The lowest BCUT2D eigenvalue weighted by atomic mass is 10.6. The number of hydrogen-bond donors (Lipinski definition) is 1. The molecule has 0 unspecified atom stereocenters. The van der Waals surface area contributed by atoms with Crippen molar-refractivity contribution in [2.24, 2.45) is 0 Å². The highest BCUT2D eigenvalue weighted by atomic mass is 16.3. The summed E-state index contributed by atoms with van der Waals surface area (Å²) in [6, 6.07) is 3.07. The topological polar surface area (TPSA) is 42.2 Å². The first-order valence-corrected chi connectivity index (χ1v) is 2.59. The Hall–Kier alpha value is -1.25. The van der Waals surface area contributed by atoms with E-state index in [1.54, 1.807) is 6.07 Å². The van der Waals surface area contributed by atoms with Gasteiger partial charge >= 0.3 is 0 Å². The lowest BCUT2D eigenvalue weighted by Gasteiger charge is -1.94. The highest BCUT2D eigenvalue weighted by molar-refractivity contribution is 5.77. The van der Waals surface area contributed by atoms with Gasteiger partial charge in [-0.05, 0) is 6.07 Å². The first kappa shape index (κ1) is 5.88. The summed E-state index contributed by atoms with van der Waals surface area (Å²) in [5.41, 5.74) is 0. The second-order valence-corrected chi connectivity index (χ2v) is 1.76. The van der Waals surface area contributed by atoms with E-state index in [1.165, 1.54) is 23.8 Å². The maximum atomic E-state index is 10.5. The molecule has 9 heavy (non-hydrogen) atoms. The Bertz CT molecular complexity index is 227. The third kappa shape index (κ3) is 0.937. The number of nitrogens with zero attached hydrogens (tertiary/aromatic N) is 1. The quantitative estimate of drug-likeness (QED) is 0.558. The molecule has 0 aliphatic rings. The van der Waals surface area contributed by atoms with Crippen LogP contribution in [0.4, 0.5) is 0 Å². The van der Waals surface area contributed by atoms with Crippen molar-refractivity contribution in [3.8, 4) is 5.88 Å². The van der Waals surface area contributed by atoms with Crippen LogP contribution < -0.4 is 0 Å². The van der Waals surface area contributed by atoms with E-state index < -0.39 is 0 Å². The van der Waals surface area contributed by atoms with Crippen LogP contribution in [0.5, 0.6) is 5.88 Å². The minimum absolute atomic E-state index is 0.0116. The normalized spacial score (nSPS) is 9.44. The van der Waals surface area contributed by atoms with Gasteiger partial charge in [-0.25, -0.2) is 0 Å². The molecule has 0 aliphatic heterocycles. The van der Waals surface area contributed by atoms with E-state index in [0.717, 1.165) is 0 Å². The van der Waals surface area contributed by atoms with E-state index in [9.17, 15) is 4.79 Å². The first-order valence-electron chi connectivity index (χ1n) is 2.59. The summed E-state index contributed by atoms with van der Waals surface area (Å²) in [6.45, 7) is 1.39. The van der Waals surface area contributed by atoms with Crippen LogP contribution in [0.3, 0.4) is 0 Å². The highest BCUT2D eigenvalue weighted by Gasteiger charge is 1.99. The van der Waals surface area contributed by atoms with Gasteiger partial charge in [0.2, 0.25) is 5.91 Å². The SMILES string of the molecule is CC(=O)n1cccc1O. The summed E-state index contributed by atoms with van der Waals surface area (Å²) in [5, 5.41) is 8.86. The Morgan fingerprint density at radius 3 is 2.67 bits per heavy atom. The maximum absolute atomic E-state index is 10.5. The van der Waals surface area contributed by atoms with Crippen molar-refractivity contribution in [2.45, 2.75) is 6.92 Å². The van der Waals surface area contributed by atoms with Gasteiger partial charge < -0.3 is 5.11 Å². The van der Waals surface area contributed by atoms with Crippen molar-refractivity contribution in [3.05, 3.63) is 18.3 Å². The number of carbonyl (C=O) groups excluding carboxylic acids is 1. The van der Waals surface area contributed by atoms with Gasteiger partial charge in [-0.15, -0.1) is 0 Å². The zero-order valence-electron chi connectivity index (χ0n) is 5.03. The fourth-order valence-corrected chi connectivity index (χ4v) is 0.638. The summed E-state index contributed by atoms with van der Waals surface area (Å²) in [4.78, 5) is 10.5. The maximum Gasteiger partial charge on any atom is 0.230 e. The molecule has 0 radical (unpaired) electrons. The van der Waals surface area contributed by atoms with Crippen LogP contribution in [0.25, 0.3) is 0 Å². The fraction of sp³-hybridized carbons (Fsp3) is 0.167. The van der Waals surface area contributed by atoms with Crippen LogP contribution >= 0.6 is 0 Å². The van der Waals surface area contributed by atoms with E-state index in [2.05, 4.69) is 0 Å². The van der Waals surface area contributed by atoms with E-state index >= 15 is 0 Å². The van der Waals surface area contributed by atoms with Gasteiger partial charge in [0.15, 0.2) is 5.88 Å². The molecule has 1 aromatic rings. The average Bonchev–Trinajstić information content (AvgIpc) is 2.13. The predicted octanol–water partition coefficient (Wildman–Crippen LogP) is 0.854. The molecule has 0 spiro atoms. The lowest BCUT2D eigenvalue weighted by molar-refractivity contribution is 0.0928. The molecule has 1 rings (SSSR count). The van der Waals surface area contributed by atoms with Crippen LogP contribution in [0, 0.1) is 0 Å². The van der Waals surface area contributed by atoms with Crippen LogP contribution in [0.15, 0.2) is 18.3 Å². The molecule has 3 nitrogen and oxygen atoms in total. The van der Waals surface area contributed by atoms with Gasteiger partial charge in [0.25, 0.3) is 0 Å². The molecule has 1 heterocycles. The van der Waals surface area contributed by atoms with Crippen molar-refractivity contribution in [3.63, 3.8) is 0 Å². The molecule has 0 saturated heterocycles. The van der Waals surface area contributed by atoms with Gasteiger partial charge in [0, 0.05) is 19.2 Å². The average molecular weight is 125 g/mol. The molecular weight excluding hydrogens is 118 g/mol. The molecule has 0 amide bonds. The van der Waals surface area contributed by atoms with Crippen molar-refractivity contribution >= 4 is 5.91 Å². The molecule has 0 atom stereocenters. The third-order valence-corrected chi connectivity index (χ3v) is 1.07. The van der Waals surface area contributed by atoms with Crippen molar-refractivity contribution < 1.29 is 9.90 Å². The van der Waals surface area contributed by atoms with Crippen LogP contribution in [0.1, 0.15) is 11.7 Å². The molecule has 0 saturated carbocycles. The second kappa shape index (κ2) is 1.93. The monoisotopic (exact) mass is 125 g/mol. The van der Waals surface area contributed by atoms with Crippen LogP contribution in [0.2, 0.25) is 0 Å². The van der Waals surface area contributed by atoms with Gasteiger partial charge in [-0.2, -0.15) is 0 Å². The summed E-state index contributed by atoms with van der Waals surface area (Å²) < 4.78 is 1.17. The van der Waals surface area contributed by atoms with E-state index in [-0.39, 0.29) is 11.8 Å². The number of hydrogen-bond acceptors (Lipinski definition) is 2. The van der Waals surface area contributed by atoms with Crippen LogP contribution in [-0.4, -0.2) is 15.6 Å². The van der Waals surface area contributed by atoms with Crippen molar-refractivity contribution in [1.29, 1.82) is 0 Å². The largest absolute Gasteiger partial charge is 0.494 e. The summed E-state index contributed by atoms with van der Waals surface area (Å²) in [7, 11) is 0. The van der Waals surface area contributed by atoms with Gasteiger partial charge in [-0.1, -0.05) is 0 Å². The van der Waals surface area contributed by atoms with Gasteiger partial charge in [0.1, 0.15) is 0 Å². The molecule has 1 N–H and O–H groups in total. The summed E-state index contributed by atoms with van der Waals surface area (Å²) in [6.07, 6.45) is 1.51. The van der Waals surface area contributed by atoms with Crippen molar-refractivity contribution in [2.75, 3.05) is 0 Å². The Balaban J connectivity index is 3.08. The minimum Gasteiger partial charge on any atom is -0.494 e. The molecule has 0 bridgehead atoms. The Morgan fingerprint density at radius 1 is 1.78 bits per heavy atom. The summed E-state index contributed by atoms with van der Waals surface area (Å²) >= 11 is 0. The Morgan fingerprint density at radius 2 is 2.44 bits per heavy atom. The lowest BCUT2D eigenvalue weighted by Crippen LogP contribution is -2.01. The number of rotatable bonds is 0. The zero-order valence-corrected chi connectivity index (χ0v) is 5.03. The zero-order chi connectivity index (χ0) is 6.85. The fourth-order valence-electron chi connectivity index (χ4n) is 0.638. The second-order valence-electron chi connectivity index (χ2n) is 1.76. The van der Waals surface area contributed by atoms with Crippen LogP contribution in [-0.2, 0) is 0 Å². The van der Waals surface area contributed by atoms with Gasteiger partial charge in [-0.3, -0.25) is 9.36 Å². The van der Waals surface area contributed by atoms with Crippen molar-refractivity contribution in [1.82, 2.24) is 4.57 Å². The molecular formula is C6H7NO2. The number of aromatic hydroxyl groups is 1. The van der Waals surface area contributed by atoms with E-state index in [1.807, 2.05) is 0 Å². The smallest absolute Gasteiger partial charge is 0.230 e. The number of aromatic nitrogens is 1. The molecule has 0 aromatic carbocycles. The van der Waals surface area contributed by atoms with E-state index in [0.29, 0.717) is 0 Å². The molecule has 1 aromatic heterocycles. The molecule has 48 valence electrons. The van der Waals surface area contributed by atoms with E-state index in [4.69, 9.17) is 5.11 Å². The number of carbonyl (C=O) groups is 1. The Kier molecular flexibility index (Phi) is 1.26. The predicted molar refractivity (Wildman–Crippen MR) is 32.4 cm³/mol. The van der Waals surface area contributed by atoms with Gasteiger partial charge in [0.05, 0.1) is 0 Å². The summed E-state index contributed by atoms with van der Waals surface area (Å²) in [5.74, 6) is -0.194. The third-order valence-electron chi connectivity index (χ3n) is 1.07.